The lowest BCUT2D eigenvalue weighted by molar-refractivity contribution is 0.661. The van der Waals surface area contributed by atoms with Gasteiger partial charge in [0.05, 0.1) is 44.1 Å². The summed E-state index contributed by atoms with van der Waals surface area (Å²) in [5.74, 6) is 3.08. The minimum atomic E-state index is -0.337. The Morgan fingerprint density at radius 3 is 1.41 bits per heavy atom. The third-order valence-corrected chi connectivity index (χ3v) is 14.2. The van der Waals surface area contributed by atoms with E-state index in [1.165, 1.54) is 27.1 Å². The van der Waals surface area contributed by atoms with Gasteiger partial charge in [0, 0.05) is 54.3 Å². The van der Waals surface area contributed by atoms with Crippen LogP contribution in [0.2, 0.25) is 0 Å². The van der Waals surface area contributed by atoms with E-state index in [2.05, 4.69) is 230 Å². The van der Waals surface area contributed by atoms with Crippen molar-refractivity contribution in [2.75, 3.05) is 0 Å². The molecule has 14 aromatic rings. The summed E-state index contributed by atoms with van der Waals surface area (Å²) in [5.41, 5.74) is 11.9. The van der Waals surface area contributed by atoms with Crippen molar-refractivity contribution in [2.24, 2.45) is 9.98 Å². The number of amidine groups is 1. The molecule has 15 rings (SSSR count). The third-order valence-electron chi connectivity index (χ3n) is 14.2. The van der Waals surface area contributed by atoms with Crippen molar-refractivity contribution in [1.29, 1.82) is 0 Å². The highest BCUT2D eigenvalue weighted by Gasteiger charge is 2.27. The van der Waals surface area contributed by atoms with E-state index in [-0.39, 0.29) is 6.17 Å². The van der Waals surface area contributed by atoms with E-state index in [0.717, 1.165) is 94.6 Å². The average Bonchev–Trinajstić information content (AvgIpc) is 4.16. The monoisotopic (exact) mass is 896 g/mol. The van der Waals surface area contributed by atoms with Crippen LogP contribution in [-0.4, -0.2) is 35.0 Å². The van der Waals surface area contributed by atoms with E-state index >= 15 is 0 Å². The summed E-state index contributed by atoms with van der Waals surface area (Å²) in [5, 5.41) is 13.0. The standard InChI is InChI=1S/C62H40N8/c1-4-19-39(20-5-1)60-64-61(40-21-6-2-7-22-40)66-62(65-60)69-52-31-16-13-28-45(52)49-37-54-48(38-55(49)69)44-27-12-15-30-51(44)68(54)56-33-18-34-57(63-56)70-53-32-17-11-26-43(53)47-36-35-46-42-25-10-14-29-50(42)67(58(46)59(47)70)41-23-8-3-9-24-41/h1-38,60H,(H,64,65,66). The van der Waals surface area contributed by atoms with Gasteiger partial charge in [0.2, 0.25) is 5.96 Å². The van der Waals surface area contributed by atoms with Gasteiger partial charge in [-0.25, -0.2) is 9.98 Å². The van der Waals surface area contributed by atoms with Gasteiger partial charge in [-0.1, -0.05) is 170 Å². The highest BCUT2D eigenvalue weighted by molar-refractivity contribution is 6.25. The van der Waals surface area contributed by atoms with Crippen molar-refractivity contribution < 1.29 is 0 Å². The van der Waals surface area contributed by atoms with Crippen LogP contribution in [0.15, 0.2) is 241 Å². The molecule has 6 heterocycles. The molecule has 0 radical (unpaired) electrons. The molecular formula is C62H40N8. The Hall–Kier alpha value is -9.53. The van der Waals surface area contributed by atoms with Crippen molar-refractivity contribution in [2.45, 2.75) is 6.17 Å². The van der Waals surface area contributed by atoms with Crippen LogP contribution in [0.3, 0.4) is 0 Å². The number of pyridine rings is 1. The first-order chi connectivity index (χ1) is 34.7. The minimum Gasteiger partial charge on any atom is -0.330 e. The van der Waals surface area contributed by atoms with Crippen molar-refractivity contribution in [3.05, 3.63) is 242 Å². The van der Waals surface area contributed by atoms with Gasteiger partial charge in [-0.15, -0.1) is 0 Å². The van der Waals surface area contributed by atoms with Gasteiger partial charge in [-0.2, -0.15) is 4.99 Å². The molecule has 0 amide bonds. The number of fused-ring (bicyclic) bond motifs is 13. The highest BCUT2D eigenvalue weighted by atomic mass is 15.3. The fourth-order valence-electron chi connectivity index (χ4n) is 11.2. The van der Waals surface area contributed by atoms with Crippen LogP contribution in [0, 0.1) is 0 Å². The molecule has 8 nitrogen and oxygen atoms in total. The van der Waals surface area contributed by atoms with Crippen molar-refractivity contribution in [3.8, 4) is 17.3 Å². The number of nitrogens with zero attached hydrogens (tertiary/aromatic N) is 7. The van der Waals surface area contributed by atoms with Crippen LogP contribution >= 0.6 is 0 Å². The molecule has 0 aliphatic carbocycles. The Morgan fingerprint density at radius 1 is 0.343 bits per heavy atom. The lowest BCUT2D eigenvalue weighted by Crippen LogP contribution is -2.37. The molecule has 0 spiro atoms. The zero-order chi connectivity index (χ0) is 45.9. The largest absolute Gasteiger partial charge is 0.330 e. The molecule has 5 aromatic heterocycles. The molecule has 1 unspecified atom stereocenters. The summed E-state index contributed by atoms with van der Waals surface area (Å²) in [6.07, 6.45) is -0.337. The maximum atomic E-state index is 5.69. The van der Waals surface area contributed by atoms with Crippen LogP contribution in [0.1, 0.15) is 17.3 Å². The number of para-hydroxylation sites is 5. The predicted octanol–water partition coefficient (Wildman–Crippen LogP) is 14.4. The van der Waals surface area contributed by atoms with Crippen molar-refractivity contribution in [3.63, 3.8) is 0 Å². The van der Waals surface area contributed by atoms with Crippen molar-refractivity contribution in [1.82, 2.24) is 28.6 Å². The quantitative estimate of drug-likeness (QED) is 0.187. The zero-order valence-corrected chi connectivity index (χ0v) is 37.6. The molecular weight excluding hydrogens is 857 g/mol. The second-order valence-electron chi connectivity index (χ2n) is 18.1. The smallest absolute Gasteiger partial charge is 0.211 e. The van der Waals surface area contributed by atoms with Crippen molar-refractivity contribution >= 4 is 99.0 Å². The van der Waals surface area contributed by atoms with Gasteiger partial charge < -0.3 is 9.88 Å². The number of hydrogen-bond acceptors (Lipinski definition) is 4. The van der Waals surface area contributed by atoms with Crippen LogP contribution in [0.25, 0.3) is 105 Å². The molecule has 0 saturated carbocycles. The topological polar surface area (TPSA) is 69.4 Å². The van der Waals surface area contributed by atoms with Gasteiger partial charge in [0.1, 0.15) is 17.8 Å². The Labute approximate surface area is 400 Å². The molecule has 1 N–H and O–H groups in total. The summed E-state index contributed by atoms with van der Waals surface area (Å²) in [6, 6.07) is 81.9. The van der Waals surface area contributed by atoms with E-state index in [0.29, 0.717) is 5.84 Å². The summed E-state index contributed by atoms with van der Waals surface area (Å²) in [7, 11) is 0. The molecule has 0 saturated heterocycles. The summed E-state index contributed by atoms with van der Waals surface area (Å²) >= 11 is 0. The van der Waals surface area contributed by atoms with Gasteiger partial charge >= 0.3 is 0 Å². The van der Waals surface area contributed by atoms with Gasteiger partial charge in [0.15, 0.2) is 5.84 Å². The first kappa shape index (κ1) is 38.6. The molecule has 1 aliphatic rings. The second kappa shape index (κ2) is 15.0. The van der Waals surface area contributed by atoms with Gasteiger partial charge in [-0.05, 0) is 66.2 Å². The van der Waals surface area contributed by atoms with Crippen LogP contribution in [0.5, 0.6) is 0 Å². The minimum absolute atomic E-state index is 0.337. The lowest BCUT2D eigenvalue weighted by Gasteiger charge is -2.24. The Bertz CT molecular complexity index is 4500. The SMILES string of the molecule is c1ccc(C2=NC(c3ccccc3)NC(n3c4ccccc4c4cc5c(cc43)c3ccccc3n5-c3cccc(-n4c5ccccc5c5ccc6c7ccccc7n(-c7ccccc7)c6c54)n3)=N2)cc1. The number of rotatable bonds is 5. The second-order valence-corrected chi connectivity index (χ2v) is 18.1. The molecule has 70 heavy (non-hydrogen) atoms. The molecule has 0 fully saturated rings. The van der Waals surface area contributed by atoms with E-state index in [4.69, 9.17) is 15.0 Å². The lowest BCUT2D eigenvalue weighted by atomic mass is 10.1. The van der Waals surface area contributed by atoms with Gasteiger partial charge in [0.25, 0.3) is 0 Å². The van der Waals surface area contributed by atoms with Gasteiger partial charge in [-0.3, -0.25) is 13.7 Å². The first-order valence-corrected chi connectivity index (χ1v) is 23.7. The van der Waals surface area contributed by atoms with E-state index in [1.54, 1.807) is 0 Å². The summed E-state index contributed by atoms with van der Waals surface area (Å²) in [4.78, 5) is 16.1. The van der Waals surface area contributed by atoms with Crippen LogP contribution < -0.4 is 5.32 Å². The first-order valence-electron chi connectivity index (χ1n) is 23.7. The fraction of sp³-hybridized carbons (Fsp3) is 0.0161. The number of aliphatic imine (C=N–C) groups is 2. The summed E-state index contributed by atoms with van der Waals surface area (Å²) in [6.45, 7) is 0. The van der Waals surface area contributed by atoms with Crippen LogP contribution in [0.4, 0.5) is 0 Å². The molecule has 328 valence electrons. The molecule has 0 bridgehead atoms. The maximum absolute atomic E-state index is 5.69. The van der Waals surface area contributed by atoms with E-state index < -0.39 is 0 Å². The van der Waals surface area contributed by atoms with Crippen LogP contribution in [-0.2, 0) is 0 Å². The number of benzene rings is 9. The number of hydrogen-bond donors (Lipinski definition) is 1. The maximum Gasteiger partial charge on any atom is 0.211 e. The van der Waals surface area contributed by atoms with E-state index in [1.807, 2.05) is 24.3 Å². The normalized spacial score (nSPS) is 14.1. The molecule has 8 heteroatoms. The zero-order valence-electron chi connectivity index (χ0n) is 37.6. The average molecular weight is 897 g/mol. The molecule has 9 aromatic carbocycles. The highest BCUT2D eigenvalue weighted by Crippen LogP contribution is 2.43. The third kappa shape index (κ3) is 5.61. The Morgan fingerprint density at radius 2 is 0.800 bits per heavy atom. The Kier molecular flexibility index (Phi) is 8.26. The number of nitrogens with one attached hydrogen (secondary N) is 1. The molecule has 1 aliphatic heterocycles. The molecule has 1 atom stereocenters. The number of aromatic nitrogens is 5. The van der Waals surface area contributed by atoms with E-state index in [9.17, 15) is 0 Å². The predicted molar refractivity (Wildman–Crippen MR) is 288 cm³/mol. The Balaban J connectivity index is 0.973. The summed E-state index contributed by atoms with van der Waals surface area (Å²) < 4.78 is 9.42. The fourth-order valence-corrected chi connectivity index (χ4v) is 11.2.